The summed E-state index contributed by atoms with van der Waals surface area (Å²) in [5, 5.41) is 11.6. The van der Waals surface area contributed by atoms with Crippen LogP contribution in [0, 0.1) is 28.6 Å². The number of thioether (sulfide) groups is 1. The summed E-state index contributed by atoms with van der Waals surface area (Å²) in [6.45, 7) is 4.09. The Morgan fingerprint density at radius 1 is 1.27 bits per heavy atom. The topological polar surface area (TPSA) is 80.7 Å². The minimum absolute atomic E-state index is 0.0560. The molecule has 0 bridgehead atoms. The number of ketones is 3. The maximum absolute atomic E-state index is 13.6. The summed E-state index contributed by atoms with van der Waals surface area (Å²) in [5.74, 6) is 0.285. The van der Waals surface area contributed by atoms with E-state index in [0.29, 0.717) is 12.8 Å². The van der Waals surface area contributed by atoms with Gasteiger partial charge >= 0.3 is 0 Å². The second kappa shape index (κ2) is 7.52. The SMILES string of the molecule is COC(=S)SCC(=O)C1(O)CCC2C3CCC4=CC(=O)CCC4(C)C3C(=O)CC21C. The van der Waals surface area contributed by atoms with Gasteiger partial charge < -0.3 is 9.84 Å². The zero-order valence-corrected chi connectivity index (χ0v) is 19.5. The van der Waals surface area contributed by atoms with Gasteiger partial charge in [-0.15, -0.1) is 0 Å². The van der Waals surface area contributed by atoms with Crippen LogP contribution in [0.2, 0.25) is 0 Å². The van der Waals surface area contributed by atoms with E-state index in [1.54, 1.807) is 6.08 Å². The molecule has 3 fully saturated rings. The molecule has 6 atom stereocenters. The number of aliphatic hydroxyl groups is 1. The number of carbonyl (C=O) groups is 3. The van der Waals surface area contributed by atoms with Gasteiger partial charge in [0, 0.05) is 24.2 Å². The van der Waals surface area contributed by atoms with Crippen molar-refractivity contribution in [3.63, 3.8) is 0 Å². The summed E-state index contributed by atoms with van der Waals surface area (Å²) in [6.07, 6.45) is 6.04. The lowest BCUT2D eigenvalue weighted by Crippen LogP contribution is -2.60. The lowest BCUT2D eigenvalue weighted by molar-refractivity contribution is -0.167. The minimum atomic E-state index is -1.51. The highest BCUT2D eigenvalue weighted by Crippen LogP contribution is 2.66. The molecule has 6 unspecified atom stereocenters. The molecule has 0 aromatic carbocycles. The van der Waals surface area contributed by atoms with Gasteiger partial charge in [-0.25, -0.2) is 0 Å². The summed E-state index contributed by atoms with van der Waals surface area (Å²) in [7, 11) is 1.46. The van der Waals surface area contributed by atoms with E-state index >= 15 is 0 Å². The molecule has 30 heavy (non-hydrogen) atoms. The first kappa shape index (κ1) is 22.2. The second-order valence-electron chi connectivity index (χ2n) is 9.97. The quantitative estimate of drug-likeness (QED) is 0.657. The van der Waals surface area contributed by atoms with Crippen LogP contribution in [0.3, 0.4) is 0 Å². The summed E-state index contributed by atoms with van der Waals surface area (Å²) in [4.78, 5) is 38.6. The molecule has 0 saturated heterocycles. The Morgan fingerprint density at radius 3 is 2.70 bits per heavy atom. The molecule has 0 aromatic heterocycles. The summed E-state index contributed by atoms with van der Waals surface area (Å²) >= 11 is 6.14. The van der Waals surface area contributed by atoms with Crippen molar-refractivity contribution < 1.29 is 24.2 Å². The predicted molar refractivity (Wildman–Crippen MR) is 119 cm³/mol. The van der Waals surface area contributed by atoms with Crippen LogP contribution in [-0.4, -0.2) is 45.3 Å². The number of rotatable bonds is 3. The van der Waals surface area contributed by atoms with E-state index in [-0.39, 0.29) is 57.1 Å². The number of Topliss-reactive ketones (excluding diaryl/α,β-unsaturated/α-hetero) is 2. The first-order valence-electron chi connectivity index (χ1n) is 10.8. The average molecular weight is 451 g/mol. The van der Waals surface area contributed by atoms with Gasteiger partial charge in [0.2, 0.25) is 4.38 Å². The number of hydrogen-bond acceptors (Lipinski definition) is 7. The molecule has 3 saturated carbocycles. The van der Waals surface area contributed by atoms with Gasteiger partial charge in [-0.05, 0) is 67.6 Å². The van der Waals surface area contributed by atoms with E-state index < -0.39 is 11.0 Å². The maximum Gasteiger partial charge on any atom is 0.220 e. The Morgan fingerprint density at radius 2 is 2.00 bits per heavy atom. The highest BCUT2D eigenvalue weighted by Gasteiger charge is 2.68. The van der Waals surface area contributed by atoms with E-state index in [0.717, 1.165) is 43.0 Å². The standard InChI is InChI=1S/C23H30O5S2/c1-21-8-6-14(24)10-13(21)4-5-15-16-7-9-23(27,18(26)12-30-20(29)28-3)22(16,2)11-17(25)19(15)21/h10,15-16,19,27H,4-9,11-12H2,1-3H3. The van der Waals surface area contributed by atoms with E-state index in [1.807, 2.05) is 6.92 Å². The van der Waals surface area contributed by atoms with Crippen LogP contribution in [0.25, 0.3) is 0 Å². The zero-order chi connectivity index (χ0) is 21.9. The highest BCUT2D eigenvalue weighted by molar-refractivity contribution is 8.23. The number of thiocarbonyl (C=S) groups is 1. The van der Waals surface area contributed by atoms with Gasteiger partial charge in [0.15, 0.2) is 11.6 Å². The molecule has 7 heteroatoms. The van der Waals surface area contributed by atoms with Crippen LogP contribution in [-0.2, 0) is 19.1 Å². The van der Waals surface area contributed by atoms with Gasteiger partial charge in [0.1, 0.15) is 11.4 Å². The van der Waals surface area contributed by atoms with Crippen molar-refractivity contribution in [2.24, 2.45) is 28.6 Å². The number of fused-ring (bicyclic) bond motifs is 5. The molecule has 0 radical (unpaired) electrons. The van der Waals surface area contributed by atoms with Crippen molar-refractivity contribution >= 4 is 45.7 Å². The lowest BCUT2D eigenvalue weighted by Gasteiger charge is -2.57. The number of allylic oxidation sites excluding steroid dienone is 1. The lowest BCUT2D eigenvalue weighted by atomic mass is 9.46. The van der Waals surface area contributed by atoms with Crippen LogP contribution in [0.1, 0.15) is 58.8 Å². The molecule has 164 valence electrons. The summed E-state index contributed by atoms with van der Waals surface area (Å²) < 4.78 is 5.24. The van der Waals surface area contributed by atoms with Gasteiger partial charge in [0.25, 0.3) is 0 Å². The third-order valence-electron chi connectivity index (χ3n) is 8.76. The fraction of sp³-hybridized carbons (Fsp3) is 0.739. The van der Waals surface area contributed by atoms with E-state index in [4.69, 9.17) is 17.0 Å². The molecule has 0 spiro atoms. The molecule has 0 aromatic rings. The monoisotopic (exact) mass is 450 g/mol. The Kier molecular flexibility index (Phi) is 5.55. The third-order valence-corrected chi connectivity index (χ3v) is 10.1. The Labute approximate surface area is 187 Å². The minimum Gasteiger partial charge on any atom is -0.482 e. The Balaban J connectivity index is 1.63. The molecule has 1 N–H and O–H groups in total. The van der Waals surface area contributed by atoms with Crippen LogP contribution < -0.4 is 0 Å². The van der Waals surface area contributed by atoms with Crippen molar-refractivity contribution in [3.05, 3.63) is 11.6 Å². The maximum atomic E-state index is 13.6. The van der Waals surface area contributed by atoms with E-state index in [1.165, 1.54) is 7.11 Å². The van der Waals surface area contributed by atoms with Gasteiger partial charge in [-0.1, -0.05) is 31.2 Å². The molecule has 5 nitrogen and oxygen atoms in total. The molecular weight excluding hydrogens is 420 g/mol. The number of carbonyl (C=O) groups excluding carboxylic acids is 3. The Bertz CT molecular complexity index is 851. The van der Waals surface area contributed by atoms with Crippen LogP contribution in [0.4, 0.5) is 0 Å². The van der Waals surface area contributed by atoms with E-state index in [9.17, 15) is 19.5 Å². The smallest absolute Gasteiger partial charge is 0.220 e. The normalized spacial score (nSPS) is 42.7. The first-order chi connectivity index (χ1) is 14.1. The fourth-order valence-electron chi connectivity index (χ4n) is 7.15. The zero-order valence-electron chi connectivity index (χ0n) is 17.9. The molecular formula is C23H30O5S2. The average Bonchev–Trinajstić information content (AvgIpc) is 2.97. The second-order valence-corrected chi connectivity index (χ2v) is 11.5. The van der Waals surface area contributed by atoms with Crippen molar-refractivity contribution in [1.82, 2.24) is 0 Å². The number of methoxy groups -OCH3 is 1. The van der Waals surface area contributed by atoms with Gasteiger partial charge in [0.05, 0.1) is 12.9 Å². The predicted octanol–water partition coefficient (Wildman–Crippen LogP) is 3.66. The summed E-state index contributed by atoms with van der Waals surface area (Å²) in [6, 6.07) is 0. The largest absolute Gasteiger partial charge is 0.482 e. The van der Waals surface area contributed by atoms with Crippen molar-refractivity contribution in [3.8, 4) is 0 Å². The highest BCUT2D eigenvalue weighted by atomic mass is 32.2. The van der Waals surface area contributed by atoms with Gasteiger partial charge in [-0.2, -0.15) is 0 Å². The van der Waals surface area contributed by atoms with Crippen LogP contribution in [0.15, 0.2) is 11.6 Å². The molecule has 0 amide bonds. The van der Waals surface area contributed by atoms with Crippen LogP contribution in [0.5, 0.6) is 0 Å². The van der Waals surface area contributed by atoms with Crippen molar-refractivity contribution in [1.29, 1.82) is 0 Å². The van der Waals surface area contributed by atoms with Crippen molar-refractivity contribution in [2.75, 3.05) is 12.9 Å². The molecule has 0 aliphatic heterocycles. The molecule has 4 rings (SSSR count). The number of ether oxygens (including phenoxy) is 1. The third kappa shape index (κ3) is 3.06. The Hall–Kier alpha value is -1.05. The fourth-order valence-corrected chi connectivity index (χ4v) is 7.93. The number of hydrogen-bond donors (Lipinski definition) is 1. The first-order valence-corrected chi connectivity index (χ1v) is 12.2. The van der Waals surface area contributed by atoms with Gasteiger partial charge in [-0.3, -0.25) is 14.4 Å². The molecule has 4 aliphatic carbocycles. The van der Waals surface area contributed by atoms with Crippen molar-refractivity contribution in [2.45, 2.75) is 64.4 Å². The van der Waals surface area contributed by atoms with Crippen LogP contribution >= 0.6 is 24.0 Å². The van der Waals surface area contributed by atoms with E-state index in [2.05, 4.69) is 6.92 Å². The molecule has 0 heterocycles. The molecule has 4 aliphatic rings. The summed E-state index contributed by atoms with van der Waals surface area (Å²) in [5.41, 5.74) is -1.39.